The summed E-state index contributed by atoms with van der Waals surface area (Å²) in [7, 11) is 0. The van der Waals surface area contributed by atoms with Gasteiger partial charge in [0.05, 0.1) is 18.8 Å². The Bertz CT molecular complexity index is 1000. The number of nitrogens with zero attached hydrogens (tertiary/aromatic N) is 1. The lowest BCUT2D eigenvalue weighted by molar-refractivity contribution is -0.122. The fourth-order valence-corrected chi connectivity index (χ4v) is 3.48. The second kappa shape index (κ2) is 8.75. The van der Waals surface area contributed by atoms with Crippen LogP contribution in [0, 0.1) is 11.7 Å². The lowest BCUT2D eigenvalue weighted by atomic mass is 10.0. The van der Waals surface area contributed by atoms with E-state index in [9.17, 15) is 18.8 Å². The Labute approximate surface area is 179 Å². The topological polar surface area (TPSA) is 87.7 Å². The van der Waals surface area contributed by atoms with Crippen LogP contribution in [0.1, 0.15) is 25.3 Å². The van der Waals surface area contributed by atoms with E-state index in [1.165, 1.54) is 17.9 Å². The first kappa shape index (κ1) is 20.8. The van der Waals surface area contributed by atoms with E-state index in [2.05, 4.69) is 10.6 Å². The summed E-state index contributed by atoms with van der Waals surface area (Å²) in [4.78, 5) is 36.3. The fourth-order valence-electron chi connectivity index (χ4n) is 3.48. The predicted octanol–water partition coefficient (Wildman–Crippen LogP) is 2.98. The van der Waals surface area contributed by atoms with Gasteiger partial charge in [0.15, 0.2) is 0 Å². The molecule has 162 valence electrons. The molecule has 1 aliphatic carbocycles. The van der Waals surface area contributed by atoms with Crippen LogP contribution in [-0.4, -0.2) is 37.1 Å². The van der Waals surface area contributed by atoms with E-state index in [1.807, 2.05) is 24.3 Å². The van der Waals surface area contributed by atoms with Gasteiger partial charge in [0.25, 0.3) is 0 Å². The molecule has 8 heteroatoms. The molecule has 1 saturated carbocycles. The van der Waals surface area contributed by atoms with Crippen molar-refractivity contribution in [2.24, 2.45) is 5.92 Å². The number of ether oxygens (including phenoxy) is 1. The van der Waals surface area contributed by atoms with Crippen molar-refractivity contribution in [1.82, 2.24) is 10.6 Å². The molecule has 2 aromatic carbocycles. The molecule has 0 radical (unpaired) electrons. The first-order valence-electron chi connectivity index (χ1n) is 10.3. The molecule has 0 unspecified atom stereocenters. The molecule has 2 fully saturated rings. The van der Waals surface area contributed by atoms with Crippen LogP contribution >= 0.6 is 0 Å². The number of hydrogen-bond acceptors (Lipinski definition) is 4. The smallest absolute Gasteiger partial charge is 0.414 e. The molecule has 2 aliphatic rings. The summed E-state index contributed by atoms with van der Waals surface area (Å²) in [6.45, 7) is 2.29. The molecular weight excluding hydrogens is 401 g/mol. The maximum absolute atomic E-state index is 14.8. The van der Waals surface area contributed by atoms with E-state index in [4.69, 9.17) is 4.74 Å². The minimum atomic E-state index is -0.569. The zero-order chi connectivity index (χ0) is 22.0. The van der Waals surface area contributed by atoms with Crippen molar-refractivity contribution >= 4 is 23.6 Å². The number of carbonyl (C=O) groups excluding carboxylic acids is 3. The van der Waals surface area contributed by atoms with Gasteiger partial charge in [0, 0.05) is 24.9 Å². The normalized spacial score (nSPS) is 17.9. The van der Waals surface area contributed by atoms with Crippen molar-refractivity contribution < 1.29 is 23.5 Å². The predicted molar refractivity (Wildman–Crippen MR) is 113 cm³/mol. The lowest BCUT2D eigenvalue weighted by Gasteiger charge is -2.15. The summed E-state index contributed by atoms with van der Waals surface area (Å²) in [5.41, 5.74) is 2.46. The van der Waals surface area contributed by atoms with Crippen LogP contribution in [0.3, 0.4) is 0 Å². The second-order valence-corrected chi connectivity index (χ2v) is 7.91. The van der Waals surface area contributed by atoms with Crippen LogP contribution in [0.25, 0.3) is 11.1 Å². The van der Waals surface area contributed by atoms with Crippen LogP contribution in [0.2, 0.25) is 0 Å². The highest BCUT2D eigenvalue weighted by atomic mass is 19.1. The number of hydrogen-bond donors (Lipinski definition) is 2. The monoisotopic (exact) mass is 425 g/mol. The second-order valence-electron chi connectivity index (χ2n) is 7.91. The summed E-state index contributed by atoms with van der Waals surface area (Å²) in [5.74, 6) is -0.405. The number of amides is 3. The van der Waals surface area contributed by atoms with Gasteiger partial charge < -0.3 is 15.4 Å². The van der Waals surface area contributed by atoms with Crippen LogP contribution in [-0.2, 0) is 20.9 Å². The van der Waals surface area contributed by atoms with Crippen LogP contribution in [0.5, 0.6) is 0 Å². The third kappa shape index (κ3) is 5.02. The molecule has 7 nitrogen and oxygen atoms in total. The Morgan fingerprint density at radius 2 is 1.87 bits per heavy atom. The highest BCUT2D eigenvalue weighted by Gasteiger charge is 2.33. The minimum absolute atomic E-state index is 0.0884. The zero-order valence-corrected chi connectivity index (χ0v) is 17.2. The first-order chi connectivity index (χ1) is 14.9. The largest absolute Gasteiger partial charge is 0.442 e. The Kier molecular flexibility index (Phi) is 5.88. The quantitative estimate of drug-likeness (QED) is 0.714. The number of cyclic esters (lactones) is 1. The van der Waals surface area contributed by atoms with E-state index in [1.54, 1.807) is 12.1 Å². The van der Waals surface area contributed by atoms with Crippen LogP contribution in [0.15, 0.2) is 42.5 Å². The molecule has 31 heavy (non-hydrogen) atoms. The average molecular weight is 425 g/mol. The highest BCUT2D eigenvalue weighted by molar-refractivity contribution is 5.90. The van der Waals surface area contributed by atoms with Gasteiger partial charge in [-0.15, -0.1) is 0 Å². The molecular formula is C23H24FN3O4. The number of rotatable bonds is 7. The van der Waals surface area contributed by atoms with Gasteiger partial charge >= 0.3 is 6.09 Å². The molecule has 1 atom stereocenters. The fraction of sp³-hybridized carbons (Fsp3) is 0.348. The molecule has 0 bridgehead atoms. The van der Waals surface area contributed by atoms with Crippen LogP contribution < -0.4 is 15.5 Å². The average Bonchev–Trinajstić information content (AvgIpc) is 3.53. The van der Waals surface area contributed by atoms with E-state index < -0.39 is 18.0 Å². The zero-order valence-electron chi connectivity index (χ0n) is 17.2. The van der Waals surface area contributed by atoms with Gasteiger partial charge in [-0.25, -0.2) is 9.18 Å². The minimum Gasteiger partial charge on any atom is -0.442 e. The first-order valence-corrected chi connectivity index (χ1v) is 10.3. The van der Waals surface area contributed by atoms with Crippen molar-refractivity contribution in [1.29, 1.82) is 0 Å². The Balaban J connectivity index is 1.40. The molecule has 0 aromatic heterocycles. The maximum atomic E-state index is 14.8. The van der Waals surface area contributed by atoms with Gasteiger partial charge in [-0.05, 0) is 42.2 Å². The summed E-state index contributed by atoms with van der Waals surface area (Å²) in [5, 5.41) is 5.52. The highest BCUT2D eigenvalue weighted by Crippen LogP contribution is 2.30. The number of halogens is 1. The molecule has 4 rings (SSSR count). The van der Waals surface area contributed by atoms with Gasteiger partial charge in [-0.2, -0.15) is 0 Å². The van der Waals surface area contributed by atoms with Gasteiger partial charge in [0.1, 0.15) is 11.9 Å². The third-order valence-electron chi connectivity index (χ3n) is 5.40. The van der Waals surface area contributed by atoms with Crippen molar-refractivity contribution in [2.75, 3.05) is 18.0 Å². The number of benzene rings is 2. The van der Waals surface area contributed by atoms with Crippen molar-refractivity contribution in [3.05, 3.63) is 53.8 Å². The Hall–Kier alpha value is -3.42. The van der Waals surface area contributed by atoms with E-state index in [-0.39, 0.29) is 30.8 Å². The Morgan fingerprint density at radius 1 is 1.13 bits per heavy atom. The molecule has 2 aromatic rings. The van der Waals surface area contributed by atoms with E-state index >= 15 is 0 Å². The Morgan fingerprint density at radius 3 is 2.52 bits per heavy atom. The molecule has 1 saturated heterocycles. The molecule has 0 spiro atoms. The van der Waals surface area contributed by atoms with Crippen molar-refractivity contribution in [2.45, 2.75) is 32.4 Å². The van der Waals surface area contributed by atoms with E-state index in [0.717, 1.165) is 18.4 Å². The van der Waals surface area contributed by atoms with Crippen molar-refractivity contribution in [3.8, 4) is 11.1 Å². The standard InChI is InChI=1S/C23H24FN3O4/c1-14(28)25-12-19-13-27(23(30)31-19)18-8-9-20(21(24)10-18)16-4-2-15(3-5-16)11-26-22(29)17-6-7-17/h2-5,8-10,17,19H,6-7,11-13H2,1H3,(H,25,28)(H,26,29)/t19-/m0/s1. The SMILES string of the molecule is CC(=O)NC[C@H]1CN(c2ccc(-c3ccc(CNC(=O)C4CC4)cc3)c(F)c2)C(=O)O1. The molecule has 1 heterocycles. The van der Waals surface area contributed by atoms with Gasteiger partial charge in [-0.1, -0.05) is 24.3 Å². The number of nitrogens with one attached hydrogen (secondary N) is 2. The summed E-state index contributed by atoms with van der Waals surface area (Å²) in [6, 6.07) is 11.9. The number of carbonyl (C=O) groups is 3. The molecule has 2 N–H and O–H groups in total. The molecule has 1 aliphatic heterocycles. The number of anilines is 1. The third-order valence-corrected chi connectivity index (χ3v) is 5.40. The molecule has 3 amide bonds. The van der Waals surface area contributed by atoms with Gasteiger partial charge in [-0.3, -0.25) is 14.5 Å². The lowest BCUT2D eigenvalue weighted by Crippen LogP contribution is -2.33. The van der Waals surface area contributed by atoms with Crippen LogP contribution in [0.4, 0.5) is 14.9 Å². The summed E-state index contributed by atoms with van der Waals surface area (Å²) in [6.07, 6.45) is 0.878. The van der Waals surface area contributed by atoms with Crippen molar-refractivity contribution in [3.63, 3.8) is 0 Å². The van der Waals surface area contributed by atoms with E-state index in [0.29, 0.717) is 23.4 Å². The van der Waals surface area contributed by atoms with Gasteiger partial charge in [0.2, 0.25) is 11.8 Å². The maximum Gasteiger partial charge on any atom is 0.414 e. The summed E-state index contributed by atoms with van der Waals surface area (Å²) >= 11 is 0. The summed E-state index contributed by atoms with van der Waals surface area (Å²) < 4.78 is 20.0.